The van der Waals surface area contributed by atoms with Gasteiger partial charge in [0.25, 0.3) is 5.91 Å². The van der Waals surface area contributed by atoms with Crippen molar-refractivity contribution in [2.24, 2.45) is 0 Å². The number of hydrogen-bond donors (Lipinski definition) is 1. The van der Waals surface area contributed by atoms with E-state index < -0.39 is 6.10 Å². The molecule has 1 aliphatic heterocycles. The number of esters is 1. The molecule has 4 heteroatoms. The minimum atomic E-state index is -0.577. The first-order valence-electron chi connectivity index (χ1n) is 4.40. The number of carbonyl (C=O) groups is 2. The fourth-order valence-corrected chi connectivity index (χ4v) is 1.16. The standard InChI is InChI=1S/C9H15NO3/c1-9(2,3)10-8(12)6-4-5-7(11)13-6/h6H,4-5H2,1-3H3,(H,10,12). The Kier molecular flexibility index (Phi) is 2.59. The van der Waals surface area contributed by atoms with Gasteiger partial charge in [0, 0.05) is 18.4 Å². The molecule has 0 aromatic rings. The molecule has 0 radical (unpaired) electrons. The number of amides is 1. The van der Waals surface area contributed by atoms with E-state index in [0.717, 1.165) is 0 Å². The highest BCUT2D eigenvalue weighted by Gasteiger charge is 2.31. The lowest BCUT2D eigenvalue weighted by Crippen LogP contribution is -2.45. The third kappa shape index (κ3) is 3.05. The van der Waals surface area contributed by atoms with Crippen molar-refractivity contribution in [2.45, 2.75) is 45.3 Å². The van der Waals surface area contributed by atoms with Gasteiger partial charge in [-0.05, 0) is 20.8 Å². The summed E-state index contributed by atoms with van der Waals surface area (Å²) in [4.78, 5) is 22.1. The zero-order valence-corrected chi connectivity index (χ0v) is 8.22. The van der Waals surface area contributed by atoms with E-state index >= 15 is 0 Å². The molecule has 1 atom stereocenters. The summed E-state index contributed by atoms with van der Waals surface area (Å²) in [6, 6.07) is 0. The quantitative estimate of drug-likeness (QED) is 0.609. The van der Waals surface area contributed by atoms with E-state index in [1.165, 1.54) is 0 Å². The largest absolute Gasteiger partial charge is 0.452 e. The summed E-state index contributed by atoms with van der Waals surface area (Å²) in [5, 5.41) is 2.77. The monoisotopic (exact) mass is 185 g/mol. The summed E-state index contributed by atoms with van der Waals surface area (Å²) >= 11 is 0. The van der Waals surface area contributed by atoms with Crippen LogP contribution in [0.15, 0.2) is 0 Å². The Morgan fingerprint density at radius 3 is 2.54 bits per heavy atom. The summed E-state index contributed by atoms with van der Waals surface area (Å²) < 4.78 is 4.82. The maximum Gasteiger partial charge on any atom is 0.306 e. The molecule has 0 bridgehead atoms. The molecule has 0 aromatic carbocycles. The second-order valence-electron chi connectivity index (χ2n) is 4.26. The number of carbonyl (C=O) groups excluding carboxylic acids is 2. The Bertz CT molecular complexity index is 230. The Morgan fingerprint density at radius 2 is 2.15 bits per heavy atom. The summed E-state index contributed by atoms with van der Waals surface area (Å²) in [5.74, 6) is -0.479. The highest BCUT2D eigenvalue weighted by Crippen LogP contribution is 2.14. The average molecular weight is 185 g/mol. The van der Waals surface area contributed by atoms with Crippen LogP contribution in [-0.4, -0.2) is 23.5 Å². The van der Waals surface area contributed by atoms with Crippen molar-refractivity contribution in [3.63, 3.8) is 0 Å². The molecule has 0 aromatic heterocycles. The molecule has 1 fully saturated rings. The number of cyclic esters (lactones) is 1. The van der Waals surface area contributed by atoms with Crippen molar-refractivity contribution in [1.82, 2.24) is 5.32 Å². The van der Waals surface area contributed by atoms with E-state index in [-0.39, 0.29) is 17.4 Å². The van der Waals surface area contributed by atoms with Crippen LogP contribution in [-0.2, 0) is 14.3 Å². The van der Waals surface area contributed by atoms with Crippen LogP contribution in [0.3, 0.4) is 0 Å². The summed E-state index contributed by atoms with van der Waals surface area (Å²) in [6.07, 6.45) is 0.273. The molecule has 1 aliphatic rings. The highest BCUT2D eigenvalue weighted by molar-refractivity contribution is 5.86. The molecule has 1 amide bonds. The number of rotatable bonds is 1. The molecular formula is C9H15NO3. The highest BCUT2D eigenvalue weighted by atomic mass is 16.6. The second kappa shape index (κ2) is 3.36. The van der Waals surface area contributed by atoms with Crippen LogP contribution in [0.25, 0.3) is 0 Å². The number of hydrogen-bond acceptors (Lipinski definition) is 3. The van der Waals surface area contributed by atoms with E-state index in [4.69, 9.17) is 4.74 Å². The molecule has 13 heavy (non-hydrogen) atoms. The maximum atomic E-state index is 11.4. The molecule has 1 N–H and O–H groups in total. The molecule has 1 rings (SSSR count). The van der Waals surface area contributed by atoms with Crippen LogP contribution in [0.2, 0.25) is 0 Å². The van der Waals surface area contributed by atoms with Crippen molar-refractivity contribution in [1.29, 1.82) is 0 Å². The van der Waals surface area contributed by atoms with Crippen LogP contribution in [0, 0.1) is 0 Å². The molecule has 1 heterocycles. The Balaban J connectivity index is 2.45. The minimum Gasteiger partial charge on any atom is -0.452 e. The van der Waals surface area contributed by atoms with Gasteiger partial charge in [0.1, 0.15) is 0 Å². The van der Waals surface area contributed by atoms with Gasteiger partial charge in [-0.15, -0.1) is 0 Å². The Hall–Kier alpha value is -1.06. The average Bonchev–Trinajstić information content (AvgIpc) is 2.31. The van der Waals surface area contributed by atoms with Gasteiger partial charge in [-0.1, -0.05) is 0 Å². The zero-order valence-electron chi connectivity index (χ0n) is 8.22. The minimum absolute atomic E-state index is 0.196. The second-order valence-corrected chi connectivity index (χ2v) is 4.26. The third-order valence-electron chi connectivity index (χ3n) is 1.67. The lowest BCUT2D eigenvalue weighted by molar-refractivity contribution is -0.148. The van der Waals surface area contributed by atoms with E-state index in [2.05, 4.69) is 5.32 Å². The fourth-order valence-electron chi connectivity index (χ4n) is 1.16. The van der Waals surface area contributed by atoms with Gasteiger partial charge < -0.3 is 10.1 Å². The molecule has 0 saturated carbocycles. The van der Waals surface area contributed by atoms with E-state index in [1.54, 1.807) is 0 Å². The van der Waals surface area contributed by atoms with Gasteiger partial charge >= 0.3 is 5.97 Å². The fraction of sp³-hybridized carbons (Fsp3) is 0.778. The molecular weight excluding hydrogens is 170 g/mol. The smallest absolute Gasteiger partial charge is 0.306 e. The van der Waals surface area contributed by atoms with Crippen molar-refractivity contribution < 1.29 is 14.3 Å². The van der Waals surface area contributed by atoms with Gasteiger partial charge in [-0.3, -0.25) is 9.59 Å². The Labute approximate surface area is 77.6 Å². The Morgan fingerprint density at radius 1 is 1.54 bits per heavy atom. The lowest BCUT2D eigenvalue weighted by Gasteiger charge is -2.22. The van der Waals surface area contributed by atoms with Crippen molar-refractivity contribution in [2.75, 3.05) is 0 Å². The molecule has 1 saturated heterocycles. The normalized spacial score (nSPS) is 22.7. The molecule has 1 unspecified atom stereocenters. The third-order valence-corrected chi connectivity index (χ3v) is 1.67. The first-order chi connectivity index (χ1) is 5.88. The van der Waals surface area contributed by atoms with Crippen molar-refractivity contribution in [3.8, 4) is 0 Å². The van der Waals surface area contributed by atoms with E-state index in [0.29, 0.717) is 12.8 Å². The summed E-state index contributed by atoms with van der Waals surface area (Å²) in [6.45, 7) is 5.67. The predicted octanol–water partition coefficient (Wildman–Crippen LogP) is 0.607. The lowest BCUT2D eigenvalue weighted by atomic mass is 10.1. The first kappa shape index (κ1) is 10.0. The maximum absolute atomic E-state index is 11.4. The zero-order chi connectivity index (χ0) is 10.1. The van der Waals surface area contributed by atoms with E-state index in [1.807, 2.05) is 20.8 Å². The SMILES string of the molecule is CC(C)(C)NC(=O)C1CCC(=O)O1. The molecule has 0 spiro atoms. The van der Waals surface area contributed by atoms with Gasteiger partial charge in [-0.25, -0.2) is 0 Å². The summed E-state index contributed by atoms with van der Waals surface area (Å²) in [5.41, 5.74) is -0.272. The van der Waals surface area contributed by atoms with Crippen molar-refractivity contribution >= 4 is 11.9 Å². The van der Waals surface area contributed by atoms with E-state index in [9.17, 15) is 9.59 Å². The first-order valence-corrected chi connectivity index (χ1v) is 4.40. The predicted molar refractivity (Wildman–Crippen MR) is 47.0 cm³/mol. The number of nitrogens with one attached hydrogen (secondary N) is 1. The molecule has 0 aliphatic carbocycles. The van der Waals surface area contributed by atoms with Gasteiger partial charge in [0.05, 0.1) is 0 Å². The van der Waals surface area contributed by atoms with Crippen LogP contribution < -0.4 is 5.32 Å². The van der Waals surface area contributed by atoms with Crippen LogP contribution >= 0.6 is 0 Å². The summed E-state index contributed by atoms with van der Waals surface area (Å²) in [7, 11) is 0. The van der Waals surface area contributed by atoms with Gasteiger partial charge in [0.2, 0.25) is 0 Å². The van der Waals surface area contributed by atoms with Crippen LogP contribution in [0.1, 0.15) is 33.6 Å². The number of ether oxygens (including phenoxy) is 1. The molecule has 4 nitrogen and oxygen atoms in total. The van der Waals surface area contributed by atoms with Gasteiger partial charge in [-0.2, -0.15) is 0 Å². The van der Waals surface area contributed by atoms with Crippen molar-refractivity contribution in [3.05, 3.63) is 0 Å². The topological polar surface area (TPSA) is 55.4 Å². The van der Waals surface area contributed by atoms with Crippen LogP contribution in [0.4, 0.5) is 0 Å². The molecule has 74 valence electrons. The van der Waals surface area contributed by atoms with Gasteiger partial charge in [0.15, 0.2) is 6.10 Å². The van der Waals surface area contributed by atoms with Crippen LogP contribution in [0.5, 0.6) is 0 Å².